The molecule has 0 aliphatic rings. The highest BCUT2D eigenvalue weighted by atomic mass is 32.2. The second-order valence-corrected chi connectivity index (χ2v) is 5.48. The lowest BCUT2D eigenvalue weighted by molar-refractivity contribution is 0.555. The number of anilines is 1. The van der Waals surface area contributed by atoms with Crippen molar-refractivity contribution in [2.24, 2.45) is 0 Å². The van der Waals surface area contributed by atoms with E-state index >= 15 is 0 Å². The molecule has 92 valence electrons. The molecule has 17 heavy (non-hydrogen) atoms. The van der Waals surface area contributed by atoms with Crippen molar-refractivity contribution in [1.82, 2.24) is 4.72 Å². The number of rotatable bonds is 4. The summed E-state index contributed by atoms with van der Waals surface area (Å²) in [6, 6.07) is 5.82. The molecular weight excluding hydrogens is 238 g/mol. The first-order valence-electron chi connectivity index (χ1n) is 5.22. The van der Waals surface area contributed by atoms with Crippen molar-refractivity contribution in [2.75, 3.05) is 5.73 Å². The van der Waals surface area contributed by atoms with Gasteiger partial charge in [0.25, 0.3) is 0 Å². The largest absolute Gasteiger partial charge is 0.399 e. The molecule has 0 saturated carbocycles. The summed E-state index contributed by atoms with van der Waals surface area (Å²) in [6.45, 7) is 3.64. The Hall–Kier alpha value is -1.58. The zero-order valence-electron chi connectivity index (χ0n) is 9.77. The zero-order chi connectivity index (χ0) is 13.1. The standard InChI is InChI=1S/C11H15N3O2S/c1-3-8(2)14-17(15,16)11-5-4-10(13)6-9(11)7-12/h4-6,8,14H,3,13H2,1-2H3. The third kappa shape index (κ3) is 3.19. The Labute approximate surface area is 101 Å². The third-order valence-electron chi connectivity index (χ3n) is 2.38. The van der Waals surface area contributed by atoms with Gasteiger partial charge in [0.2, 0.25) is 10.0 Å². The lowest BCUT2D eigenvalue weighted by Gasteiger charge is -2.13. The number of nitrogens with one attached hydrogen (secondary N) is 1. The second-order valence-electron chi connectivity index (χ2n) is 3.80. The number of hydrogen-bond donors (Lipinski definition) is 2. The summed E-state index contributed by atoms with van der Waals surface area (Å²) < 4.78 is 26.5. The van der Waals surface area contributed by atoms with E-state index in [0.29, 0.717) is 12.1 Å². The van der Waals surface area contributed by atoms with Crippen LogP contribution >= 0.6 is 0 Å². The Morgan fingerprint density at radius 2 is 2.18 bits per heavy atom. The van der Waals surface area contributed by atoms with Crippen LogP contribution in [0.4, 0.5) is 5.69 Å². The summed E-state index contributed by atoms with van der Waals surface area (Å²) in [5, 5.41) is 8.90. The highest BCUT2D eigenvalue weighted by Crippen LogP contribution is 2.18. The molecule has 0 heterocycles. The number of nitrogens with zero attached hydrogens (tertiary/aromatic N) is 1. The summed E-state index contributed by atoms with van der Waals surface area (Å²) >= 11 is 0. The van der Waals surface area contributed by atoms with Crippen LogP contribution in [0.25, 0.3) is 0 Å². The molecule has 0 radical (unpaired) electrons. The van der Waals surface area contributed by atoms with Gasteiger partial charge in [-0.3, -0.25) is 0 Å². The second kappa shape index (κ2) is 5.17. The van der Waals surface area contributed by atoms with E-state index in [1.807, 2.05) is 13.0 Å². The summed E-state index contributed by atoms with van der Waals surface area (Å²) in [5.41, 5.74) is 5.93. The number of sulfonamides is 1. The van der Waals surface area contributed by atoms with Gasteiger partial charge in [0.1, 0.15) is 6.07 Å². The highest BCUT2D eigenvalue weighted by molar-refractivity contribution is 7.89. The van der Waals surface area contributed by atoms with E-state index in [1.165, 1.54) is 18.2 Å². The molecule has 0 saturated heterocycles. The predicted molar refractivity (Wildman–Crippen MR) is 65.6 cm³/mol. The summed E-state index contributed by atoms with van der Waals surface area (Å²) in [6.07, 6.45) is 0.677. The van der Waals surface area contributed by atoms with Crippen molar-refractivity contribution in [3.8, 4) is 6.07 Å². The monoisotopic (exact) mass is 253 g/mol. The first-order valence-corrected chi connectivity index (χ1v) is 6.71. The SMILES string of the molecule is CCC(C)NS(=O)(=O)c1ccc(N)cc1C#N. The van der Waals surface area contributed by atoms with Gasteiger partial charge < -0.3 is 5.73 Å². The minimum absolute atomic E-state index is 0.0329. The maximum Gasteiger partial charge on any atom is 0.242 e. The maximum absolute atomic E-state index is 12.0. The minimum atomic E-state index is -3.66. The van der Waals surface area contributed by atoms with E-state index in [0.717, 1.165) is 0 Å². The molecule has 0 aliphatic carbocycles. The lowest BCUT2D eigenvalue weighted by atomic mass is 10.2. The molecule has 1 aromatic carbocycles. The fourth-order valence-electron chi connectivity index (χ4n) is 1.28. The molecule has 0 aliphatic heterocycles. The van der Waals surface area contributed by atoms with Crippen molar-refractivity contribution in [3.63, 3.8) is 0 Å². The van der Waals surface area contributed by atoms with Crippen LogP contribution in [-0.4, -0.2) is 14.5 Å². The molecule has 1 unspecified atom stereocenters. The van der Waals surface area contributed by atoms with Gasteiger partial charge in [-0.25, -0.2) is 13.1 Å². The lowest BCUT2D eigenvalue weighted by Crippen LogP contribution is -2.32. The zero-order valence-corrected chi connectivity index (χ0v) is 10.6. The van der Waals surface area contributed by atoms with Crippen molar-refractivity contribution in [1.29, 1.82) is 5.26 Å². The Bertz CT molecular complexity index is 546. The minimum Gasteiger partial charge on any atom is -0.399 e. The highest BCUT2D eigenvalue weighted by Gasteiger charge is 2.20. The van der Waals surface area contributed by atoms with Crippen LogP contribution in [0, 0.1) is 11.3 Å². The summed E-state index contributed by atoms with van der Waals surface area (Å²) in [7, 11) is -3.66. The molecule has 5 nitrogen and oxygen atoms in total. The maximum atomic E-state index is 12.0. The van der Waals surface area contributed by atoms with Gasteiger partial charge in [-0.1, -0.05) is 6.92 Å². The van der Waals surface area contributed by atoms with E-state index in [-0.39, 0.29) is 16.5 Å². The molecule has 3 N–H and O–H groups in total. The van der Waals surface area contributed by atoms with Gasteiger partial charge in [0, 0.05) is 11.7 Å². The number of nitrogen functional groups attached to an aromatic ring is 1. The molecular formula is C11H15N3O2S. The Balaban J connectivity index is 3.21. The molecule has 6 heteroatoms. The van der Waals surface area contributed by atoms with E-state index in [9.17, 15) is 8.42 Å². The summed E-state index contributed by atoms with van der Waals surface area (Å²) in [4.78, 5) is -0.0329. The van der Waals surface area contributed by atoms with E-state index < -0.39 is 10.0 Å². The van der Waals surface area contributed by atoms with Crippen molar-refractivity contribution in [3.05, 3.63) is 23.8 Å². The van der Waals surface area contributed by atoms with Crippen molar-refractivity contribution < 1.29 is 8.42 Å². The van der Waals surface area contributed by atoms with Crippen LogP contribution in [0.15, 0.2) is 23.1 Å². The molecule has 1 aromatic rings. The fourth-order valence-corrected chi connectivity index (χ4v) is 2.75. The quantitative estimate of drug-likeness (QED) is 0.788. The molecule has 0 bridgehead atoms. The van der Waals surface area contributed by atoms with Crippen LogP contribution in [-0.2, 0) is 10.0 Å². The van der Waals surface area contributed by atoms with Crippen LogP contribution in [0.5, 0.6) is 0 Å². The molecule has 0 fully saturated rings. The van der Waals surface area contributed by atoms with Crippen LogP contribution in [0.3, 0.4) is 0 Å². The number of nitriles is 1. The van der Waals surface area contributed by atoms with E-state index in [4.69, 9.17) is 11.0 Å². The topological polar surface area (TPSA) is 96.0 Å². The molecule has 0 spiro atoms. The fraction of sp³-hybridized carbons (Fsp3) is 0.364. The summed E-state index contributed by atoms with van der Waals surface area (Å²) in [5.74, 6) is 0. The van der Waals surface area contributed by atoms with Gasteiger partial charge in [0.15, 0.2) is 0 Å². The molecule has 1 atom stereocenters. The Morgan fingerprint density at radius 3 is 2.71 bits per heavy atom. The van der Waals surface area contributed by atoms with Crippen molar-refractivity contribution in [2.45, 2.75) is 31.2 Å². The predicted octanol–water partition coefficient (Wildman–Crippen LogP) is 1.22. The first-order chi connectivity index (χ1) is 7.90. The molecule has 1 rings (SSSR count). The number of hydrogen-bond acceptors (Lipinski definition) is 4. The Kier molecular flexibility index (Phi) is 4.10. The first kappa shape index (κ1) is 13.5. The smallest absolute Gasteiger partial charge is 0.242 e. The van der Waals surface area contributed by atoms with Gasteiger partial charge in [-0.15, -0.1) is 0 Å². The van der Waals surface area contributed by atoms with Crippen LogP contribution in [0.1, 0.15) is 25.8 Å². The number of benzene rings is 1. The van der Waals surface area contributed by atoms with E-state index in [1.54, 1.807) is 6.92 Å². The van der Waals surface area contributed by atoms with Crippen LogP contribution in [0.2, 0.25) is 0 Å². The average Bonchev–Trinajstić information content (AvgIpc) is 2.27. The molecule has 0 amide bonds. The Morgan fingerprint density at radius 1 is 1.53 bits per heavy atom. The van der Waals surface area contributed by atoms with Crippen LogP contribution < -0.4 is 10.5 Å². The van der Waals surface area contributed by atoms with Gasteiger partial charge >= 0.3 is 0 Å². The van der Waals surface area contributed by atoms with Gasteiger partial charge in [0.05, 0.1) is 10.5 Å². The van der Waals surface area contributed by atoms with Gasteiger partial charge in [-0.05, 0) is 31.5 Å². The molecule has 0 aromatic heterocycles. The average molecular weight is 253 g/mol. The number of nitrogens with two attached hydrogens (primary N) is 1. The van der Waals surface area contributed by atoms with E-state index in [2.05, 4.69) is 4.72 Å². The van der Waals surface area contributed by atoms with Gasteiger partial charge in [-0.2, -0.15) is 5.26 Å². The normalized spacial score (nSPS) is 13.0. The third-order valence-corrected chi connectivity index (χ3v) is 4.03. The van der Waals surface area contributed by atoms with Crippen molar-refractivity contribution >= 4 is 15.7 Å².